The van der Waals surface area contributed by atoms with Gasteiger partial charge in [-0.2, -0.15) is 0 Å². The van der Waals surface area contributed by atoms with E-state index in [2.05, 4.69) is 0 Å². The molecule has 0 bridgehead atoms. The van der Waals surface area contributed by atoms with Crippen LogP contribution < -0.4 is 17.7 Å². The Bertz CT molecular complexity index is 619. The number of Topliss-reactive ketones (excluding diaryl/α,β-unsaturated/α-hetero) is 1. The van der Waals surface area contributed by atoms with E-state index in [0.29, 0.717) is 18.5 Å². The van der Waals surface area contributed by atoms with Gasteiger partial charge >= 0.3 is 0 Å². The molecule has 0 saturated carbocycles. The summed E-state index contributed by atoms with van der Waals surface area (Å²) in [6.07, 6.45) is -0.245. The fraction of sp³-hybridized carbons (Fsp3) is 0.278. The van der Waals surface area contributed by atoms with Crippen LogP contribution in [0.5, 0.6) is 5.75 Å². The highest BCUT2D eigenvalue weighted by Crippen LogP contribution is 2.17. The van der Waals surface area contributed by atoms with Crippen molar-refractivity contribution in [2.45, 2.75) is 25.5 Å². The summed E-state index contributed by atoms with van der Waals surface area (Å²) in [5.74, 6) is -0.0689. The van der Waals surface area contributed by atoms with E-state index in [1.54, 1.807) is 18.2 Å². The van der Waals surface area contributed by atoms with E-state index in [1.807, 2.05) is 42.6 Å². The lowest BCUT2D eigenvalue weighted by molar-refractivity contribution is -0.693. The molecule has 0 aliphatic heterocycles. The molecule has 5 heteroatoms. The van der Waals surface area contributed by atoms with Crippen LogP contribution in [-0.4, -0.2) is 28.6 Å². The van der Waals surface area contributed by atoms with E-state index in [-0.39, 0.29) is 30.0 Å². The van der Waals surface area contributed by atoms with Crippen LogP contribution >= 0.6 is 0 Å². The van der Waals surface area contributed by atoms with Crippen molar-refractivity contribution in [3.8, 4) is 5.75 Å². The van der Waals surface area contributed by atoms with Crippen LogP contribution in [0.1, 0.15) is 35.4 Å². The van der Waals surface area contributed by atoms with Crippen LogP contribution in [0.15, 0.2) is 54.6 Å². The number of benzene rings is 2. The number of carbonyl (C=O) groups is 1. The quantitative estimate of drug-likeness (QED) is 0.548. The predicted octanol–water partition coefficient (Wildman–Crippen LogP) is -1.35. The first-order chi connectivity index (χ1) is 10.6. The summed E-state index contributed by atoms with van der Waals surface area (Å²) in [5.41, 5.74) is 1.23. The Labute approximate surface area is 142 Å². The molecule has 2 aromatic carbocycles. The summed E-state index contributed by atoms with van der Waals surface area (Å²) in [6.45, 7) is 2.50. The largest absolute Gasteiger partial charge is 1.00 e. The maximum absolute atomic E-state index is 12.0. The monoisotopic (exact) mass is 335 g/mol. The number of phenolic OH excluding ortho intramolecular Hbond substituents is 1. The van der Waals surface area contributed by atoms with Crippen molar-refractivity contribution >= 4 is 5.78 Å². The molecule has 0 aliphatic carbocycles. The number of phenols is 1. The van der Waals surface area contributed by atoms with Gasteiger partial charge in [-0.1, -0.05) is 42.5 Å². The molecule has 0 spiro atoms. The van der Waals surface area contributed by atoms with Crippen molar-refractivity contribution in [1.82, 2.24) is 0 Å². The molecule has 0 aliphatic rings. The highest BCUT2D eigenvalue weighted by Gasteiger charge is 2.19. The number of nitrogens with two attached hydrogens (primary N) is 1. The highest BCUT2D eigenvalue weighted by atomic mass is 35.5. The Hall–Kier alpha value is -1.88. The van der Waals surface area contributed by atoms with Gasteiger partial charge in [0, 0.05) is 0 Å². The minimum atomic E-state index is -0.568. The van der Waals surface area contributed by atoms with Crippen molar-refractivity contribution in [3.05, 3.63) is 65.7 Å². The summed E-state index contributed by atoms with van der Waals surface area (Å²) < 4.78 is 0. The summed E-state index contributed by atoms with van der Waals surface area (Å²) in [7, 11) is 0. The standard InChI is InChI=1S/C18H21NO3.ClH/c1-13(18(22)14-7-3-2-4-8-14)19-12-11-17(21)15-9-5-6-10-16(15)20;/h2-10,13,18-20,22H,11-12H2,1H3;1H. The van der Waals surface area contributed by atoms with Gasteiger partial charge in [0.05, 0.1) is 18.5 Å². The molecule has 4 N–H and O–H groups in total. The summed E-state index contributed by atoms with van der Waals surface area (Å²) in [5, 5.41) is 21.9. The second-order valence-corrected chi connectivity index (χ2v) is 5.43. The van der Waals surface area contributed by atoms with E-state index < -0.39 is 6.10 Å². The van der Waals surface area contributed by atoms with Crippen LogP contribution in [0, 0.1) is 0 Å². The number of aromatic hydroxyl groups is 1. The summed E-state index contributed by atoms with van der Waals surface area (Å²) in [6, 6.07) is 16.0. The average Bonchev–Trinajstić information content (AvgIpc) is 2.55. The minimum Gasteiger partial charge on any atom is -1.00 e. The second kappa shape index (κ2) is 9.30. The van der Waals surface area contributed by atoms with Crippen molar-refractivity contribution < 1.29 is 32.7 Å². The first-order valence-electron chi connectivity index (χ1n) is 7.47. The third-order valence-electron chi connectivity index (χ3n) is 3.75. The maximum atomic E-state index is 12.0. The molecule has 2 unspecified atom stereocenters. The molecule has 4 nitrogen and oxygen atoms in total. The lowest BCUT2D eigenvalue weighted by atomic mass is 10.0. The topological polar surface area (TPSA) is 74.1 Å². The number of quaternary nitrogens is 1. The van der Waals surface area contributed by atoms with Crippen LogP contribution in [0.2, 0.25) is 0 Å². The molecule has 0 heterocycles. The molecule has 0 aromatic heterocycles. The van der Waals surface area contributed by atoms with Crippen molar-refractivity contribution in [3.63, 3.8) is 0 Å². The number of rotatable bonds is 7. The van der Waals surface area contributed by atoms with E-state index in [4.69, 9.17) is 0 Å². The molecule has 0 amide bonds. The van der Waals surface area contributed by atoms with Gasteiger partial charge in [0.2, 0.25) is 0 Å². The van der Waals surface area contributed by atoms with Gasteiger partial charge in [-0.15, -0.1) is 0 Å². The van der Waals surface area contributed by atoms with E-state index in [1.165, 1.54) is 6.07 Å². The lowest BCUT2D eigenvalue weighted by Crippen LogP contribution is -3.00. The van der Waals surface area contributed by atoms with Gasteiger partial charge in [-0.05, 0) is 24.6 Å². The summed E-state index contributed by atoms with van der Waals surface area (Å²) in [4.78, 5) is 12.0. The molecule has 124 valence electrons. The van der Waals surface area contributed by atoms with Gasteiger partial charge in [-0.3, -0.25) is 4.79 Å². The van der Waals surface area contributed by atoms with Crippen molar-refractivity contribution in [2.24, 2.45) is 0 Å². The van der Waals surface area contributed by atoms with Gasteiger partial charge in [0.1, 0.15) is 17.9 Å². The lowest BCUT2D eigenvalue weighted by Gasteiger charge is -2.17. The minimum absolute atomic E-state index is 0. The second-order valence-electron chi connectivity index (χ2n) is 5.43. The normalized spacial score (nSPS) is 13.0. The third-order valence-corrected chi connectivity index (χ3v) is 3.75. The fourth-order valence-corrected chi connectivity index (χ4v) is 2.40. The number of carbonyl (C=O) groups excluding carboxylic acids is 1. The molecule has 0 radical (unpaired) electrons. The van der Waals surface area contributed by atoms with E-state index >= 15 is 0 Å². The predicted molar refractivity (Wildman–Crippen MR) is 84.7 cm³/mol. The van der Waals surface area contributed by atoms with Crippen LogP contribution in [0.3, 0.4) is 0 Å². The first-order valence-corrected chi connectivity index (χ1v) is 7.47. The van der Waals surface area contributed by atoms with Gasteiger partial charge in [0.15, 0.2) is 5.78 Å². The van der Waals surface area contributed by atoms with Crippen molar-refractivity contribution in [2.75, 3.05) is 6.54 Å². The number of hydrogen-bond donors (Lipinski definition) is 3. The van der Waals surface area contributed by atoms with Gasteiger partial charge in [-0.25, -0.2) is 0 Å². The number of halogens is 1. The molecule has 2 aromatic rings. The fourth-order valence-electron chi connectivity index (χ4n) is 2.40. The number of aliphatic hydroxyl groups is 1. The summed E-state index contributed by atoms with van der Waals surface area (Å²) >= 11 is 0. The smallest absolute Gasteiger partial charge is 0.172 e. The number of ketones is 1. The van der Waals surface area contributed by atoms with Crippen LogP contribution in [-0.2, 0) is 0 Å². The molecule has 23 heavy (non-hydrogen) atoms. The van der Waals surface area contributed by atoms with E-state index in [9.17, 15) is 15.0 Å². The van der Waals surface area contributed by atoms with E-state index in [0.717, 1.165) is 5.56 Å². The highest BCUT2D eigenvalue weighted by molar-refractivity contribution is 5.98. The van der Waals surface area contributed by atoms with Crippen molar-refractivity contribution in [1.29, 1.82) is 0 Å². The first kappa shape index (κ1) is 19.2. The Balaban J connectivity index is 0.00000264. The Morgan fingerprint density at radius 1 is 1.09 bits per heavy atom. The van der Waals surface area contributed by atoms with Gasteiger partial charge in [0.25, 0.3) is 0 Å². The van der Waals surface area contributed by atoms with Crippen LogP contribution in [0.4, 0.5) is 0 Å². The maximum Gasteiger partial charge on any atom is 0.172 e. The average molecular weight is 336 g/mol. The zero-order valence-corrected chi connectivity index (χ0v) is 13.8. The molecule has 2 atom stereocenters. The van der Waals surface area contributed by atoms with Crippen LogP contribution in [0.25, 0.3) is 0 Å². The zero-order chi connectivity index (χ0) is 15.9. The molecular formula is C18H22ClNO3. The third kappa shape index (κ3) is 5.36. The Morgan fingerprint density at radius 2 is 1.70 bits per heavy atom. The molecule has 0 fully saturated rings. The Morgan fingerprint density at radius 3 is 2.35 bits per heavy atom. The number of aliphatic hydroxyl groups excluding tert-OH is 1. The zero-order valence-electron chi connectivity index (χ0n) is 13.0. The van der Waals surface area contributed by atoms with Gasteiger partial charge < -0.3 is 27.9 Å². The molecular weight excluding hydrogens is 314 g/mol. The number of hydrogen-bond acceptors (Lipinski definition) is 3. The molecule has 2 rings (SSSR count). The Kier molecular flexibility index (Phi) is 7.75. The SMILES string of the molecule is CC([NH2+]CCC(=O)c1ccccc1O)C(O)c1ccccc1.[Cl-]. The number of para-hydroxylation sites is 1. The molecule has 0 saturated heterocycles.